The van der Waals surface area contributed by atoms with E-state index in [1.165, 1.54) is 0 Å². The Morgan fingerprint density at radius 2 is 2.05 bits per heavy atom. The van der Waals surface area contributed by atoms with Crippen molar-refractivity contribution < 1.29 is 9.59 Å². The van der Waals surface area contributed by atoms with Gasteiger partial charge in [-0.25, -0.2) is 0 Å². The van der Waals surface area contributed by atoms with Crippen LogP contribution >= 0.6 is 0 Å². The average Bonchev–Trinajstić information content (AvgIpc) is 2.76. The van der Waals surface area contributed by atoms with Crippen LogP contribution in [0, 0.1) is 5.92 Å². The van der Waals surface area contributed by atoms with Gasteiger partial charge in [0.25, 0.3) is 0 Å². The van der Waals surface area contributed by atoms with Gasteiger partial charge < -0.3 is 16.0 Å². The van der Waals surface area contributed by atoms with Gasteiger partial charge in [0.2, 0.25) is 11.8 Å². The summed E-state index contributed by atoms with van der Waals surface area (Å²) >= 11 is 0. The van der Waals surface area contributed by atoms with Gasteiger partial charge in [0.05, 0.1) is 0 Å². The summed E-state index contributed by atoms with van der Waals surface area (Å²) in [4.78, 5) is 23.6. The topological polar surface area (TPSA) is 70.2 Å². The number of carbonyl (C=O) groups excluding carboxylic acids is 2. The monoisotopic (exact) mass is 269 g/mol. The molecule has 1 fully saturated rings. The number of hydrogen-bond acceptors (Lipinski definition) is 3. The van der Waals surface area contributed by atoms with Crippen LogP contribution in [0.1, 0.15) is 47.0 Å². The molecule has 0 spiro atoms. The van der Waals surface area contributed by atoms with Crippen LogP contribution in [0.3, 0.4) is 0 Å². The Morgan fingerprint density at radius 1 is 1.37 bits per heavy atom. The number of hydrogen-bond donors (Lipinski definition) is 3. The molecular weight excluding hydrogens is 242 g/mol. The van der Waals surface area contributed by atoms with Crippen molar-refractivity contribution in [1.29, 1.82) is 0 Å². The van der Waals surface area contributed by atoms with E-state index in [-0.39, 0.29) is 17.4 Å². The minimum Gasteiger partial charge on any atom is -0.350 e. The van der Waals surface area contributed by atoms with Crippen molar-refractivity contribution in [2.45, 2.75) is 58.5 Å². The average molecular weight is 269 g/mol. The minimum atomic E-state index is -0.478. The van der Waals surface area contributed by atoms with E-state index in [0.717, 1.165) is 25.9 Å². The predicted octanol–water partition coefficient (Wildman–Crippen LogP) is 0.796. The molecule has 19 heavy (non-hydrogen) atoms. The summed E-state index contributed by atoms with van der Waals surface area (Å²) in [6, 6.07) is -0.478. The van der Waals surface area contributed by atoms with Gasteiger partial charge in [-0.3, -0.25) is 9.59 Å². The van der Waals surface area contributed by atoms with Gasteiger partial charge in [-0.2, -0.15) is 0 Å². The van der Waals surface area contributed by atoms with E-state index in [1.807, 2.05) is 20.8 Å². The second kappa shape index (κ2) is 6.89. The summed E-state index contributed by atoms with van der Waals surface area (Å²) in [6.07, 6.45) is 2.54. The summed E-state index contributed by atoms with van der Waals surface area (Å²) in [5.41, 5.74) is -0.272. The van der Waals surface area contributed by atoms with Crippen molar-refractivity contribution in [3.8, 4) is 0 Å². The molecule has 5 heteroatoms. The third-order valence-corrected chi connectivity index (χ3v) is 3.21. The molecular formula is C14H27N3O2. The van der Waals surface area contributed by atoms with Crippen LogP contribution in [-0.2, 0) is 9.59 Å². The van der Waals surface area contributed by atoms with Crippen LogP contribution in [-0.4, -0.2) is 36.5 Å². The van der Waals surface area contributed by atoms with Crippen LogP contribution < -0.4 is 16.0 Å². The fourth-order valence-corrected chi connectivity index (χ4v) is 2.15. The molecule has 2 atom stereocenters. The highest BCUT2D eigenvalue weighted by Crippen LogP contribution is 2.14. The zero-order valence-corrected chi connectivity index (χ0v) is 12.5. The van der Waals surface area contributed by atoms with Gasteiger partial charge in [0.15, 0.2) is 0 Å². The Balaban J connectivity index is 2.24. The molecule has 110 valence electrons. The molecule has 0 aliphatic carbocycles. The van der Waals surface area contributed by atoms with E-state index in [4.69, 9.17) is 0 Å². The predicted molar refractivity (Wildman–Crippen MR) is 75.7 cm³/mol. The normalized spacial score (nSPS) is 20.9. The molecule has 2 unspecified atom stereocenters. The van der Waals surface area contributed by atoms with Crippen molar-refractivity contribution in [3.05, 3.63) is 0 Å². The van der Waals surface area contributed by atoms with Crippen molar-refractivity contribution in [1.82, 2.24) is 16.0 Å². The van der Waals surface area contributed by atoms with Crippen LogP contribution in [0.2, 0.25) is 0 Å². The molecule has 1 saturated heterocycles. The molecule has 0 saturated carbocycles. The van der Waals surface area contributed by atoms with E-state index < -0.39 is 6.04 Å². The van der Waals surface area contributed by atoms with Gasteiger partial charge in [0, 0.05) is 12.0 Å². The van der Waals surface area contributed by atoms with Crippen LogP contribution in [0.15, 0.2) is 0 Å². The molecule has 0 aromatic rings. The van der Waals surface area contributed by atoms with E-state index in [1.54, 1.807) is 6.92 Å². The second-order valence-corrected chi connectivity index (χ2v) is 6.43. The lowest BCUT2D eigenvalue weighted by Crippen LogP contribution is -2.50. The molecule has 0 bridgehead atoms. The van der Waals surface area contributed by atoms with Gasteiger partial charge in [-0.05, 0) is 59.5 Å². The Kier molecular flexibility index (Phi) is 5.79. The molecule has 5 nitrogen and oxygen atoms in total. The maximum Gasteiger partial charge on any atom is 0.242 e. The molecule has 1 aliphatic heterocycles. The van der Waals surface area contributed by atoms with Gasteiger partial charge in [-0.15, -0.1) is 0 Å². The van der Waals surface area contributed by atoms with Gasteiger partial charge in [-0.1, -0.05) is 0 Å². The smallest absolute Gasteiger partial charge is 0.242 e. The fraction of sp³-hybridized carbons (Fsp3) is 0.857. The molecule has 1 heterocycles. The van der Waals surface area contributed by atoms with Crippen LogP contribution in [0.4, 0.5) is 0 Å². The van der Waals surface area contributed by atoms with Crippen molar-refractivity contribution in [3.63, 3.8) is 0 Å². The Bertz CT molecular complexity index is 317. The molecule has 0 aromatic heterocycles. The highest BCUT2D eigenvalue weighted by atomic mass is 16.2. The third-order valence-electron chi connectivity index (χ3n) is 3.21. The maximum absolute atomic E-state index is 11.8. The minimum absolute atomic E-state index is 0.0385. The Labute approximate surface area is 115 Å². The summed E-state index contributed by atoms with van der Waals surface area (Å²) in [5, 5.41) is 8.90. The van der Waals surface area contributed by atoms with Gasteiger partial charge >= 0.3 is 0 Å². The SMILES string of the molecule is CC(NC(=O)CCC1CCNC1)C(=O)NC(C)(C)C. The van der Waals surface area contributed by atoms with Crippen LogP contribution in [0.25, 0.3) is 0 Å². The number of nitrogens with one attached hydrogen (secondary N) is 3. The summed E-state index contributed by atoms with van der Waals surface area (Å²) in [5.74, 6) is 0.427. The first-order valence-corrected chi connectivity index (χ1v) is 7.10. The first-order valence-electron chi connectivity index (χ1n) is 7.10. The third kappa shape index (κ3) is 6.57. The summed E-state index contributed by atoms with van der Waals surface area (Å²) in [7, 11) is 0. The largest absolute Gasteiger partial charge is 0.350 e. The molecule has 2 amide bonds. The maximum atomic E-state index is 11.8. The lowest BCUT2D eigenvalue weighted by atomic mass is 10.0. The standard InChI is InChI=1S/C14H27N3O2/c1-10(13(19)17-14(2,3)4)16-12(18)6-5-11-7-8-15-9-11/h10-11,15H,5-9H2,1-4H3,(H,16,18)(H,17,19). The van der Waals surface area contributed by atoms with E-state index in [0.29, 0.717) is 12.3 Å². The molecule has 1 rings (SSSR count). The highest BCUT2D eigenvalue weighted by Gasteiger charge is 2.21. The summed E-state index contributed by atoms with van der Waals surface area (Å²) < 4.78 is 0. The first kappa shape index (κ1) is 16.0. The number of amides is 2. The molecule has 1 aliphatic rings. The zero-order valence-electron chi connectivity index (χ0n) is 12.5. The summed E-state index contributed by atoms with van der Waals surface area (Å²) in [6.45, 7) is 9.55. The zero-order chi connectivity index (χ0) is 14.5. The van der Waals surface area contributed by atoms with E-state index in [9.17, 15) is 9.59 Å². The fourth-order valence-electron chi connectivity index (χ4n) is 2.15. The van der Waals surface area contributed by atoms with Crippen molar-refractivity contribution in [2.75, 3.05) is 13.1 Å². The van der Waals surface area contributed by atoms with Crippen LogP contribution in [0.5, 0.6) is 0 Å². The lowest BCUT2D eigenvalue weighted by molar-refractivity contribution is -0.129. The van der Waals surface area contributed by atoms with Crippen molar-refractivity contribution >= 4 is 11.8 Å². The second-order valence-electron chi connectivity index (χ2n) is 6.43. The Hall–Kier alpha value is -1.10. The first-order chi connectivity index (χ1) is 8.78. The van der Waals surface area contributed by atoms with E-state index in [2.05, 4.69) is 16.0 Å². The lowest BCUT2D eigenvalue weighted by Gasteiger charge is -2.23. The number of rotatable bonds is 5. The number of carbonyl (C=O) groups is 2. The highest BCUT2D eigenvalue weighted by molar-refractivity contribution is 5.87. The van der Waals surface area contributed by atoms with Gasteiger partial charge in [0.1, 0.15) is 6.04 Å². The van der Waals surface area contributed by atoms with Crippen molar-refractivity contribution in [2.24, 2.45) is 5.92 Å². The molecule has 3 N–H and O–H groups in total. The van der Waals surface area contributed by atoms with E-state index >= 15 is 0 Å². The quantitative estimate of drug-likeness (QED) is 0.691. The molecule has 0 radical (unpaired) electrons. The Morgan fingerprint density at radius 3 is 2.58 bits per heavy atom. The molecule has 0 aromatic carbocycles.